The molecule has 0 atom stereocenters. The van der Waals surface area contributed by atoms with Crippen LogP contribution in [0.2, 0.25) is 0 Å². The molecule has 29 heavy (non-hydrogen) atoms. The molecule has 0 aliphatic carbocycles. The van der Waals surface area contributed by atoms with Crippen LogP contribution in [0.4, 0.5) is 5.69 Å². The number of hydrogen-bond donors (Lipinski definition) is 0. The molecule has 5 nitrogen and oxygen atoms in total. The Morgan fingerprint density at radius 3 is 2.79 bits per heavy atom. The fraction of sp³-hybridized carbons (Fsp3) is 0.174. The molecule has 144 valence electrons. The van der Waals surface area contributed by atoms with Gasteiger partial charge < -0.3 is 4.90 Å². The molecule has 1 amide bonds. The van der Waals surface area contributed by atoms with Crippen LogP contribution in [0.3, 0.4) is 0 Å². The molecule has 2 aromatic carbocycles. The Labute approximate surface area is 171 Å². The van der Waals surface area contributed by atoms with Crippen LogP contribution in [-0.2, 0) is 17.8 Å². The SMILES string of the molecule is CN1C(=O)CCc2cccc(-c3cncc(Cn4c(=O)sc5ccccc54)c3)c21. The standard InChI is InChI=1S/C23H19N3O2S/c1-25-21(27)10-9-16-5-4-6-18(22(16)25)17-11-15(12-24-13-17)14-26-19-7-2-3-8-20(19)29-23(26)28/h2-8,11-13H,9-10,14H2,1H3. The van der Waals surface area contributed by atoms with Gasteiger partial charge in [0.1, 0.15) is 0 Å². The largest absolute Gasteiger partial charge is 0.315 e. The summed E-state index contributed by atoms with van der Waals surface area (Å²) in [4.78, 5) is 30.9. The van der Waals surface area contributed by atoms with Gasteiger partial charge in [-0.15, -0.1) is 0 Å². The lowest BCUT2D eigenvalue weighted by Crippen LogP contribution is -2.31. The number of pyridine rings is 1. The van der Waals surface area contributed by atoms with Gasteiger partial charge >= 0.3 is 4.87 Å². The third-order valence-electron chi connectivity index (χ3n) is 5.46. The molecule has 3 heterocycles. The number of fused-ring (bicyclic) bond motifs is 2. The number of nitrogens with zero attached hydrogens (tertiary/aromatic N) is 3. The summed E-state index contributed by atoms with van der Waals surface area (Å²) >= 11 is 1.26. The lowest BCUT2D eigenvalue weighted by atomic mass is 9.94. The molecule has 5 rings (SSSR count). The summed E-state index contributed by atoms with van der Waals surface area (Å²) in [5.41, 5.74) is 5.98. The Kier molecular flexibility index (Phi) is 4.28. The van der Waals surface area contributed by atoms with Crippen molar-refractivity contribution in [3.63, 3.8) is 0 Å². The van der Waals surface area contributed by atoms with Crippen LogP contribution in [0.1, 0.15) is 17.5 Å². The van der Waals surface area contributed by atoms with E-state index >= 15 is 0 Å². The maximum absolute atomic E-state index is 12.5. The fourth-order valence-corrected chi connectivity index (χ4v) is 4.91. The van der Waals surface area contributed by atoms with Gasteiger partial charge in [-0.1, -0.05) is 41.7 Å². The highest BCUT2D eigenvalue weighted by molar-refractivity contribution is 7.16. The van der Waals surface area contributed by atoms with Crippen LogP contribution in [0, 0.1) is 0 Å². The summed E-state index contributed by atoms with van der Waals surface area (Å²) in [6, 6.07) is 16.0. The van der Waals surface area contributed by atoms with Gasteiger partial charge in [0.05, 0.1) is 22.4 Å². The van der Waals surface area contributed by atoms with E-state index in [4.69, 9.17) is 0 Å². The van der Waals surface area contributed by atoms with Gasteiger partial charge in [0, 0.05) is 37.0 Å². The van der Waals surface area contributed by atoms with Gasteiger partial charge in [-0.25, -0.2) is 0 Å². The lowest BCUT2D eigenvalue weighted by Gasteiger charge is -2.28. The zero-order chi connectivity index (χ0) is 20.0. The first-order valence-corrected chi connectivity index (χ1v) is 10.3. The molecule has 0 saturated carbocycles. The number of carbonyl (C=O) groups excluding carboxylic acids is 1. The molecule has 1 aliphatic rings. The third-order valence-corrected chi connectivity index (χ3v) is 6.42. The van der Waals surface area contributed by atoms with Crippen LogP contribution in [0.5, 0.6) is 0 Å². The normalized spacial score (nSPS) is 13.7. The Balaban J connectivity index is 1.57. The summed E-state index contributed by atoms with van der Waals surface area (Å²) in [5, 5.41) is 0. The first kappa shape index (κ1) is 17.8. The van der Waals surface area contributed by atoms with Gasteiger partial charge in [-0.3, -0.25) is 19.1 Å². The first-order chi connectivity index (χ1) is 14.1. The molecule has 4 aromatic rings. The highest BCUT2D eigenvalue weighted by atomic mass is 32.1. The average molecular weight is 401 g/mol. The molecular formula is C23H19N3O2S. The minimum absolute atomic E-state index is 0.0269. The van der Waals surface area contributed by atoms with E-state index < -0.39 is 0 Å². The zero-order valence-electron chi connectivity index (χ0n) is 16.0. The maximum atomic E-state index is 12.5. The predicted molar refractivity (Wildman–Crippen MR) is 117 cm³/mol. The van der Waals surface area contributed by atoms with Gasteiger partial charge in [-0.2, -0.15) is 0 Å². The number of benzene rings is 2. The van der Waals surface area contributed by atoms with Crippen LogP contribution < -0.4 is 9.77 Å². The second-order valence-corrected chi connectivity index (χ2v) is 8.26. The number of carbonyl (C=O) groups is 1. The monoisotopic (exact) mass is 401 g/mol. The Morgan fingerprint density at radius 1 is 1.03 bits per heavy atom. The molecule has 2 aromatic heterocycles. The number of rotatable bonds is 3. The number of thiazole rings is 1. The zero-order valence-corrected chi connectivity index (χ0v) is 16.8. The topological polar surface area (TPSA) is 55.2 Å². The molecule has 1 aliphatic heterocycles. The Bertz CT molecular complexity index is 1300. The van der Waals surface area contributed by atoms with E-state index in [0.717, 1.165) is 39.0 Å². The van der Waals surface area contributed by atoms with Crippen molar-refractivity contribution in [3.8, 4) is 11.1 Å². The number of aryl methyl sites for hydroxylation is 1. The van der Waals surface area contributed by atoms with Crippen LogP contribution >= 0.6 is 11.3 Å². The highest BCUT2D eigenvalue weighted by Crippen LogP contribution is 2.37. The van der Waals surface area contributed by atoms with Gasteiger partial charge in [0.25, 0.3) is 0 Å². The summed E-state index contributed by atoms with van der Waals surface area (Å²) in [6.45, 7) is 0.466. The van der Waals surface area contributed by atoms with Crippen molar-refractivity contribution in [3.05, 3.63) is 81.7 Å². The van der Waals surface area contributed by atoms with E-state index in [9.17, 15) is 9.59 Å². The van der Waals surface area contributed by atoms with Crippen molar-refractivity contribution < 1.29 is 4.79 Å². The van der Waals surface area contributed by atoms with Gasteiger partial charge in [-0.05, 0) is 35.7 Å². The summed E-state index contributed by atoms with van der Waals surface area (Å²) in [7, 11) is 1.83. The molecule has 0 unspecified atom stereocenters. The fourth-order valence-electron chi connectivity index (χ4n) is 4.02. The summed E-state index contributed by atoms with van der Waals surface area (Å²) < 4.78 is 2.77. The second kappa shape index (κ2) is 6.97. The minimum Gasteiger partial charge on any atom is -0.315 e. The van der Waals surface area contributed by atoms with Crippen molar-refractivity contribution in [2.24, 2.45) is 0 Å². The van der Waals surface area contributed by atoms with E-state index in [1.165, 1.54) is 16.9 Å². The number of amides is 1. The highest BCUT2D eigenvalue weighted by Gasteiger charge is 2.24. The quantitative estimate of drug-likeness (QED) is 0.520. The number of anilines is 1. The van der Waals surface area contributed by atoms with Gasteiger partial charge in [0.15, 0.2) is 0 Å². The van der Waals surface area contributed by atoms with Gasteiger partial charge in [0.2, 0.25) is 5.91 Å². The Hall–Kier alpha value is -3.25. The Morgan fingerprint density at radius 2 is 1.90 bits per heavy atom. The number of aromatic nitrogens is 2. The second-order valence-electron chi connectivity index (χ2n) is 7.27. The summed E-state index contributed by atoms with van der Waals surface area (Å²) in [6.07, 6.45) is 4.92. The molecule has 0 fully saturated rings. The van der Waals surface area contributed by atoms with E-state index in [0.29, 0.717) is 13.0 Å². The van der Waals surface area contributed by atoms with Crippen molar-refractivity contribution in [2.45, 2.75) is 19.4 Å². The molecule has 0 N–H and O–H groups in total. The first-order valence-electron chi connectivity index (χ1n) is 9.53. The van der Waals surface area contributed by atoms with Crippen molar-refractivity contribution in [2.75, 3.05) is 11.9 Å². The van der Waals surface area contributed by atoms with E-state index in [1.54, 1.807) is 15.7 Å². The summed E-state index contributed by atoms with van der Waals surface area (Å²) in [5.74, 6) is 0.130. The lowest BCUT2D eigenvalue weighted by molar-refractivity contribution is -0.118. The van der Waals surface area contributed by atoms with Crippen LogP contribution in [0.15, 0.2) is 65.7 Å². The average Bonchev–Trinajstić information content (AvgIpc) is 3.06. The van der Waals surface area contributed by atoms with Crippen LogP contribution in [0.25, 0.3) is 21.3 Å². The van der Waals surface area contributed by atoms with E-state index in [2.05, 4.69) is 17.1 Å². The van der Waals surface area contributed by atoms with Crippen molar-refractivity contribution in [1.82, 2.24) is 9.55 Å². The molecule has 0 radical (unpaired) electrons. The van der Waals surface area contributed by atoms with Crippen LogP contribution in [-0.4, -0.2) is 22.5 Å². The van der Waals surface area contributed by atoms with E-state index in [1.807, 2.05) is 49.6 Å². The molecule has 0 saturated heterocycles. The minimum atomic E-state index is 0.0269. The molecular weight excluding hydrogens is 382 g/mol. The van der Waals surface area contributed by atoms with Crippen molar-refractivity contribution >= 4 is 33.1 Å². The predicted octanol–water partition coefficient (Wildman–Crippen LogP) is 4.08. The molecule has 0 spiro atoms. The number of hydrogen-bond acceptors (Lipinski definition) is 4. The molecule has 0 bridgehead atoms. The smallest absolute Gasteiger partial charge is 0.308 e. The van der Waals surface area contributed by atoms with E-state index in [-0.39, 0.29) is 10.8 Å². The molecule has 6 heteroatoms. The third kappa shape index (κ3) is 3.06. The maximum Gasteiger partial charge on any atom is 0.308 e. The van der Waals surface area contributed by atoms with Crippen molar-refractivity contribution in [1.29, 1.82) is 0 Å². The number of para-hydroxylation sites is 2.